The van der Waals surface area contributed by atoms with Crippen LogP contribution < -0.4 is 4.74 Å². The Morgan fingerprint density at radius 2 is 1.94 bits per heavy atom. The molecule has 0 spiro atoms. The van der Waals surface area contributed by atoms with Gasteiger partial charge in [-0.3, -0.25) is 0 Å². The van der Waals surface area contributed by atoms with Gasteiger partial charge < -0.3 is 9.47 Å². The van der Waals surface area contributed by atoms with E-state index in [2.05, 4.69) is 13.5 Å². The highest BCUT2D eigenvalue weighted by atomic mass is 16.5. The molecule has 0 unspecified atom stereocenters. The van der Waals surface area contributed by atoms with Crippen LogP contribution in [0.5, 0.6) is 5.75 Å². The van der Waals surface area contributed by atoms with E-state index in [1.54, 1.807) is 7.11 Å². The SMILES string of the molecule is C=C(C)[C@@H](C)[C@H](COc1ccccc1)OC. The first-order chi connectivity index (χ1) is 7.65. The van der Waals surface area contributed by atoms with E-state index in [0.717, 1.165) is 11.3 Å². The molecule has 2 atom stereocenters. The van der Waals surface area contributed by atoms with Crippen molar-refractivity contribution in [1.29, 1.82) is 0 Å². The van der Waals surface area contributed by atoms with E-state index >= 15 is 0 Å². The fourth-order valence-corrected chi connectivity index (χ4v) is 1.43. The first-order valence-electron chi connectivity index (χ1n) is 5.51. The molecular formula is C14H20O2. The molecule has 1 aromatic rings. The Morgan fingerprint density at radius 1 is 1.31 bits per heavy atom. The second-order valence-corrected chi connectivity index (χ2v) is 4.03. The normalized spacial score (nSPS) is 14.2. The van der Waals surface area contributed by atoms with Crippen molar-refractivity contribution < 1.29 is 9.47 Å². The molecule has 0 fully saturated rings. The maximum Gasteiger partial charge on any atom is 0.119 e. The summed E-state index contributed by atoms with van der Waals surface area (Å²) in [6.45, 7) is 8.61. The average molecular weight is 220 g/mol. The van der Waals surface area contributed by atoms with Crippen LogP contribution in [0.25, 0.3) is 0 Å². The number of hydrogen-bond donors (Lipinski definition) is 0. The van der Waals surface area contributed by atoms with Gasteiger partial charge in [-0.05, 0) is 19.1 Å². The zero-order valence-electron chi connectivity index (χ0n) is 10.3. The molecule has 16 heavy (non-hydrogen) atoms. The van der Waals surface area contributed by atoms with Crippen LogP contribution in [-0.2, 0) is 4.74 Å². The van der Waals surface area contributed by atoms with Gasteiger partial charge in [-0.1, -0.05) is 37.3 Å². The molecule has 1 rings (SSSR count). The first-order valence-corrected chi connectivity index (χ1v) is 5.51. The minimum Gasteiger partial charge on any atom is -0.491 e. The lowest BCUT2D eigenvalue weighted by atomic mass is 9.98. The molecule has 0 amide bonds. The largest absolute Gasteiger partial charge is 0.491 e. The summed E-state index contributed by atoms with van der Waals surface area (Å²) >= 11 is 0. The Morgan fingerprint density at radius 3 is 2.44 bits per heavy atom. The van der Waals surface area contributed by atoms with Crippen LogP contribution in [0.4, 0.5) is 0 Å². The van der Waals surface area contributed by atoms with Crippen LogP contribution in [0.15, 0.2) is 42.5 Å². The summed E-state index contributed by atoms with van der Waals surface area (Å²) in [7, 11) is 1.71. The van der Waals surface area contributed by atoms with E-state index in [9.17, 15) is 0 Å². The summed E-state index contributed by atoms with van der Waals surface area (Å²) in [5, 5.41) is 0. The highest BCUT2D eigenvalue weighted by Gasteiger charge is 2.17. The summed E-state index contributed by atoms with van der Waals surface area (Å²) in [4.78, 5) is 0. The van der Waals surface area contributed by atoms with E-state index in [1.165, 1.54) is 0 Å². The van der Waals surface area contributed by atoms with Crippen molar-refractivity contribution >= 4 is 0 Å². The lowest BCUT2D eigenvalue weighted by Gasteiger charge is -2.23. The van der Waals surface area contributed by atoms with Crippen molar-refractivity contribution in [2.75, 3.05) is 13.7 Å². The van der Waals surface area contributed by atoms with Crippen LogP contribution in [0.1, 0.15) is 13.8 Å². The quantitative estimate of drug-likeness (QED) is 0.685. The predicted molar refractivity (Wildman–Crippen MR) is 66.7 cm³/mol. The van der Waals surface area contributed by atoms with E-state index < -0.39 is 0 Å². The van der Waals surface area contributed by atoms with Crippen molar-refractivity contribution in [3.63, 3.8) is 0 Å². The van der Waals surface area contributed by atoms with Crippen LogP contribution in [-0.4, -0.2) is 19.8 Å². The Bertz CT molecular complexity index is 319. The molecule has 88 valence electrons. The fraction of sp³-hybridized carbons (Fsp3) is 0.429. The highest BCUT2D eigenvalue weighted by molar-refractivity contribution is 5.21. The molecule has 1 aromatic carbocycles. The van der Waals surface area contributed by atoms with Crippen molar-refractivity contribution in [3.8, 4) is 5.75 Å². The van der Waals surface area contributed by atoms with Crippen molar-refractivity contribution in [3.05, 3.63) is 42.5 Å². The van der Waals surface area contributed by atoms with Gasteiger partial charge in [0.2, 0.25) is 0 Å². The molecule has 0 radical (unpaired) electrons. The highest BCUT2D eigenvalue weighted by Crippen LogP contribution is 2.17. The van der Waals surface area contributed by atoms with E-state index in [1.807, 2.05) is 37.3 Å². The number of hydrogen-bond acceptors (Lipinski definition) is 2. The molecule has 0 saturated heterocycles. The summed E-state index contributed by atoms with van der Waals surface area (Å²) in [5.74, 6) is 1.17. The molecule has 2 heteroatoms. The Hall–Kier alpha value is -1.28. The second-order valence-electron chi connectivity index (χ2n) is 4.03. The Balaban J connectivity index is 2.49. The predicted octanol–water partition coefficient (Wildman–Crippen LogP) is 3.29. The Kier molecular flexibility index (Phi) is 5.06. The maximum absolute atomic E-state index is 5.66. The molecule has 0 aliphatic rings. The Labute approximate surface area is 97.9 Å². The number of ether oxygens (including phenoxy) is 2. The summed E-state index contributed by atoms with van der Waals surface area (Å²) in [6, 6.07) is 9.77. The maximum atomic E-state index is 5.66. The van der Waals surface area contributed by atoms with Gasteiger partial charge in [-0.2, -0.15) is 0 Å². The number of rotatable bonds is 6. The molecule has 0 N–H and O–H groups in total. The lowest BCUT2D eigenvalue weighted by molar-refractivity contribution is 0.0311. The molecule has 2 nitrogen and oxygen atoms in total. The van der Waals surface area contributed by atoms with Gasteiger partial charge in [0, 0.05) is 13.0 Å². The zero-order valence-corrected chi connectivity index (χ0v) is 10.3. The number of methoxy groups -OCH3 is 1. The third-order valence-electron chi connectivity index (χ3n) is 2.80. The van der Waals surface area contributed by atoms with E-state index in [0.29, 0.717) is 12.5 Å². The van der Waals surface area contributed by atoms with Gasteiger partial charge in [0.15, 0.2) is 0 Å². The summed E-state index contributed by atoms with van der Waals surface area (Å²) < 4.78 is 11.1. The van der Waals surface area contributed by atoms with Gasteiger partial charge in [0.1, 0.15) is 12.4 Å². The number of benzene rings is 1. The van der Waals surface area contributed by atoms with Gasteiger partial charge >= 0.3 is 0 Å². The second kappa shape index (κ2) is 6.33. The molecule has 0 saturated carbocycles. The minimum absolute atomic E-state index is 0.0534. The standard InChI is InChI=1S/C14H20O2/c1-11(2)12(3)14(15-4)10-16-13-8-6-5-7-9-13/h5-9,12,14H,1,10H2,2-4H3/t12-,14+/m1/s1. The first kappa shape index (κ1) is 12.8. The van der Waals surface area contributed by atoms with E-state index in [4.69, 9.17) is 9.47 Å². The van der Waals surface area contributed by atoms with Crippen molar-refractivity contribution in [2.45, 2.75) is 20.0 Å². The molecule has 0 bridgehead atoms. The zero-order chi connectivity index (χ0) is 12.0. The summed E-state index contributed by atoms with van der Waals surface area (Å²) in [5.41, 5.74) is 1.11. The third-order valence-corrected chi connectivity index (χ3v) is 2.80. The topological polar surface area (TPSA) is 18.5 Å². The van der Waals surface area contributed by atoms with Gasteiger partial charge in [-0.25, -0.2) is 0 Å². The number of para-hydroxylation sites is 1. The smallest absolute Gasteiger partial charge is 0.119 e. The van der Waals surface area contributed by atoms with Crippen LogP contribution >= 0.6 is 0 Å². The molecule has 0 aliphatic heterocycles. The molecule has 0 heterocycles. The summed E-state index contributed by atoms with van der Waals surface area (Å²) in [6.07, 6.45) is 0.0534. The van der Waals surface area contributed by atoms with Crippen molar-refractivity contribution in [2.24, 2.45) is 5.92 Å². The van der Waals surface area contributed by atoms with Gasteiger partial charge in [0.25, 0.3) is 0 Å². The average Bonchev–Trinajstić information content (AvgIpc) is 2.30. The van der Waals surface area contributed by atoms with Crippen LogP contribution in [0.2, 0.25) is 0 Å². The third kappa shape index (κ3) is 3.70. The monoisotopic (exact) mass is 220 g/mol. The molecule has 0 aliphatic carbocycles. The molecular weight excluding hydrogens is 200 g/mol. The van der Waals surface area contributed by atoms with E-state index in [-0.39, 0.29) is 6.10 Å². The van der Waals surface area contributed by atoms with Crippen LogP contribution in [0, 0.1) is 5.92 Å². The van der Waals surface area contributed by atoms with Gasteiger partial charge in [0.05, 0.1) is 6.10 Å². The molecule has 0 aromatic heterocycles. The minimum atomic E-state index is 0.0534. The van der Waals surface area contributed by atoms with Crippen LogP contribution in [0.3, 0.4) is 0 Å². The van der Waals surface area contributed by atoms with Crippen molar-refractivity contribution in [1.82, 2.24) is 0 Å². The fourth-order valence-electron chi connectivity index (χ4n) is 1.43. The lowest BCUT2D eigenvalue weighted by Crippen LogP contribution is -2.28. The van der Waals surface area contributed by atoms with Gasteiger partial charge in [-0.15, -0.1) is 0 Å².